The quantitative estimate of drug-likeness (QED) is 0.786. The van der Waals surface area contributed by atoms with E-state index in [9.17, 15) is 14.4 Å². The predicted octanol–water partition coefficient (Wildman–Crippen LogP) is 1.80. The smallest absolute Gasteiger partial charge is 0.332 e. The first-order valence-electron chi connectivity index (χ1n) is 8.36. The molecule has 27 heavy (non-hydrogen) atoms. The van der Waals surface area contributed by atoms with E-state index in [2.05, 4.69) is 5.32 Å². The number of urea groups is 1. The molecule has 1 heterocycles. The van der Waals surface area contributed by atoms with Crippen molar-refractivity contribution in [3.05, 3.63) is 71.3 Å². The average molecular weight is 368 g/mol. The van der Waals surface area contributed by atoms with Gasteiger partial charge in [-0.3, -0.25) is 14.9 Å². The van der Waals surface area contributed by atoms with Crippen LogP contribution in [0, 0.1) is 0 Å². The van der Waals surface area contributed by atoms with Crippen LogP contribution in [0.4, 0.5) is 4.79 Å². The molecule has 1 unspecified atom stereocenters. The van der Waals surface area contributed by atoms with Crippen molar-refractivity contribution < 1.29 is 23.9 Å². The number of imide groups is 2. The lowest BCUT2D eigenvalue weighted by Gasteiger charge is -2.40. The van der Waals surface area contributed by atoms with E-state index in [0.29, 0.717) is 16.7 Å². The Bertz CT molecular complexity index is 868. The van der Waals surface area contributed by atoms with Crippen LogP contribution in [0.25, 0.3) is 0 Å². The summed E-state index contributed by atoms with van der Waals surface area (Å²) in [4.78, 5) is 39.9. The standard InChI is InChI=1S/C20H20N2O5/c1-26-12-14-8-6-7-11-16(14)20(15-9-4-3-5-10-15)17(23)21-19(25)22(13-27-2)18(20)24/h3-11H,12-13H2,1-2H3,(H,21,23,25). The molecule has 0 aromatic heterocycles. The average Bonchev–Trinajstić information content (AvgIpc) is 2.68. The summed E-state index contributed by atoms with van der Waals surface area (Å²) in [5, 5.41) is 2.31. The molecule has 1 aliphatic rings. The fourth-order valence-corrected chi connectivity index (χ4v) is 3.40. The van der Waals surface area contributed by atoms with Gasteiger partial charge in [-0.15, -0.1) is 0 Å². The van der Waals surface area contributed by atoms with E-state index >= 15 is 0 Å². The van der Waals surface area contributed by atoms with Gasteiger partial charge in [-0.1, -0.05) is 54.6 Å². The summed E-state index contributed by atoms with van der Waals surface area (Å²) < 4.78 is 10.3. The van der Waals surface area contributed by atoms with Crippen LogP contribution in [-0.2, 0) is 31.1 Å². The number of hydrogen-bond acceptors (Lipinski definition) is 5. The number of methoxy groups -OCH3 is 2. The van der Waals surface area contributed by atoms with E-state index in [1.54, 1.807) is 54.6 Å². The van der Waals surface area contributed by atoms with E-state index in [0.717, 1.165) is 4.90 Å². The van der Waals surface area contributed by atoms with Gasteiger partial charge >= 0.3 is 6.03 Å². The Hall–Kier alpha value is -3.03. The van der Waals surface area contributed by atoms with Crippen molar-refractivity contribution in [2.75, 3.05) is 21.0 Å². The van der Waals surface area contributed by atoms with Crippen molar-refractivity contribution in [2.45, 2.75) is 12.0 Å². The second kappa shape index (κ2) is 7.69. The normalized spacial score (nSPS) is 19.9. The highest BCUT2D eigenvalue weighted by molar-refractivity contribution is 6.25. The van der Waals surface area contributed by atoms with E-state index in [1.807, 2.05) is 0 Å². The lowest BCUT2D eigenvalue weighted by atomic mass is 9.70. The number of carbonyl (C=O) groups excluding carboxylic acids is 3. The summed E-state index contributed by atoms with van der Waals surface area (Å²) in [6, 6.07) is 14.9. The topological polar surface area (TPSA) is 84.9 Å². The third-order valence-electron chi connectivity index (χ3n) is 4.56. The maximum atomic E-state index is 13.5. The number of nitrogens with zero attached hydrogens (tertiary/aromatic N) is 1. The first-order valence-corrected chi connectivity index (χ1v) is 8.36. The molecule has 2 aromatic carbocycles. The highest BCUT2D eigenvalue weighted by atomic mass is 16.5. The number of carbonyl (C=O) groups is 3. The maximum Gasteiger partial charge on any atom is 0.332 e. The molecule has 2 aromatic rings. The lowest BCUT2D eigenvalue weighted by Crippen LogP contribution is -2.66. The molecular formula is C20H20N2O5. The molecule has 7 heteroatoms. The van der Waals surface area contributed by atoms with Crippen LogP contribution < -0.4 is 5.32 Å². The largest absolute Gasteiger partial charge is 0.380 e. The third-order valence-corrected chi connectivity index (χ3v) is 4.56. The first kappa shape index (κ1) is 18.8. The molecule has 3 rings (SSSR count). The Labute approximate surface area is 156 Å². The molecule has 1 fully saturated rings. The zero-order valence-electron chi connectivity index (χ0n) is 15.1. The van der Waals surface area contributed by atoms with E-state index in [4.69, 9.17) is 9.47 Å². The summed E-state index contributed by atoms with van der Waals surface area (Å²) in [7, 11) is 2.91. The summed E-state index contributed by atoms with van der Waals surface area (Å²) in [5.41, 5.74) is -0.110. The monoisotopic (exact) mass is 368 g/mol. The van der Waals surface area contributed by atoms with Crippen LogP contribution in [0.1, 0.15) is 16.7 Å². The van der Waals surface area contributed by atoms with Gasteiger partial charge < -0.3 is 9.47 Å². The Kier molecular flexibility index (Phi) is 5.34. The third kappa shape index (κ3) is 3.01. The minimum atomic E-state index is -1.72. The molecule has 1 saturated heterocycles. The van der Waals surface area contributed by atoms with Gasteiger partial charge in [0.1, 0.15) is 6.73 Å². The summed E-state index contributed by atoms with van der Waals surface area (Å²) >= 11 is 0. The summed E-state index contributed by atoms with van der Waals surface area (Å²) in [5.74, 6) is -1.35. The van der Waals surface area contributed by atoms with Crippen molar-refractivity contribution in [2.24, 2.45) is 0 Å². The van der Waals surface area contributed by atoms with Gasteiger partial charge in [-0.25, -0.2) is 9.69 Å². The van der Waals surface area contributed by atoms with Crippen LogP contribution in [0.15, 0.2) is 54.6 Å². The molecule has 1 aliphatic heterocycles. The Morgan fingerprint density at radius 1 is 0.926 bits per heavy atom. The van der Waals surface area contributed by atoms with Crippen LogP contribution in [-0.4, -0.2) is 43.7 Å². The van der Waals surface area contributed by atoms with Gasteiger partial charge in [-0.05, 0) is 16.7 Å². The van der Waals surface area contributed by atoms with Crippen LogP contribution >= 0.6 is 0 Å². The molecule has 1 N–H and O–H groups in total. The van der Waals surface area contributed by atoms with E-state index < -0.39 is 23.3 Å². The van der Waals surface area contributed by atoms with Gasteiger partial charge in [0, 0.05) is 14.2 Å². The molecule has 4 amide bonds. The first-order chi connectivity index (χ1) is 13.1. The van der Waals surface area contributed by atoms with Crippen molar-refractivity contribution >= 4 is 17.8 Å². The minimum Gasteiger partial charge on any atom is -0.380 e. The van der Waals surface area contributed by atoms with E-state index in [1.165, 1.54) is 14.2 Å². The molecule has 0 spiro atoms. The number of hydrogen-bond donors (Lipinski definition) is 1. The van der Waals surface area contributed by atoms with Crippen molar-refractivity contribution in [3.8, 4) is 0 Å². The molecule has 0 bridgehead atoms. The highest BCUT2D eigenvalue weighted by Gasteiger charge is 2.57. The second-order valence-corrected chi connectivity index (χ2v) is 6.12. The summed E-state index contributed by atoms with van der Waals surface area (Å²) in [6.07, 6.45) is 0. The van der Waals surface area contributed by atoms with Gasteiger partial charge in [-0.2, -0.15) is 0 Å². The fourth-order valence-electron chi connectivity index (χ4n) is 3.40. The second-order valence-electron chi connectivity index (χ2n) is 6.12. The van der Waals surface area contributed by atoms with Crippen LogP contribution in [0.5, 0.6) is 0 Å². The van der Waals surface area contributed by atoms with Crippen molar-refractivity contribution in [1.82, 2.24) is 10.2 Å². The number of amides is 4. The SMILES string of the molecule is COCc1ccccc1C1(c2ccccc2)C(=O)NC(=O)N(COC)C1=O. The summed E-state index contributed by atoms with van der Waals surface area (Å²) in [6.45, 7) is -0.0531. The van der Waals surface area contributed by atoms with Gasteiger partial charge in [0.15, 0.2) is 5.41 Å². The number of rotatable bonds is 6. The lowest BCUT2D eigenvalue weighted by molar-refractivity contribution is -0.146. The molecule has 140 valence electrons. The minimum absolute atomic E-state index is 0.212. The number of benzene rings is 2. The number of ether oxygens (including phenoxy) is 2. The molecular weight excluding hydrogens is 348 g/mol. The van der Waals surface area contributed by atoms with Crippen LogP contribution in [0.3, 0.4) is 0 Å². The molecule has 0 radical (unpaired) electrons. The molecule has 0 saturated carbocycles. The molecule has 0 aliphatic carbocycles. The highest BCUT2D eigenvalue weighted by Crippen LogP contribution is 2.39. The van der Waals surface area contributed by atoms with Crippen molar-refractivity contribution in [1.29, 1.82) is 0 Å². The van der Waals surface area contributed by atoms with Gasteiger partial charge in [0.2, 0.25) is 0 Å². The van der Waals surface area contributed by atoms with Crippen LogP contribution in [0.2, 0.25) is 0 Å². The molecule has 7 nitrogen and oxygen atoms in total. The van der Waals surface area contributed by atoms with Crippen molar-refractivity contribution in [3.63, 3.8) is 0 Å². The predicted molar refractivity (Wildman–Crippen MR) is 96.6 cm³/mol. The molecule has 1 atom stereocenters. The zero-order chi connectivity index (χ0) is 19.4. The Morgan fingerprint density at radius 3 is 2.26 bits per heavy atom. The van der Waals surface area contributed by atoms with Gasteiger partial charge in [0.05, 0.1) is 6.61 Å². The maximum absolute atomic E-state index is 13.5. The fraction of sp³-hybridized carbons (Fsp3) is 0.250. The number of nitrogens with one attached hydrogen (secondary N) is 1. The Balaban J connectivity index is 2.31. The van der Waals surface area contributed by atoms with Gasteiger partial charge in [0.25, 0.3) is 11.8 Å². The zero-order valence-corrected chi connectivity index (χ0v) is 15.1. The Morgan fingerprint density at radius 2 is 1.59 bits per heavy atom. The number of barbiturate groups is 1. The van der Waals surface area contributed by atoms with E-state index in [-0.39, 0.29) is 13.3 Å².